The van der Waals surface area contributed by atoms with Crippen LogP contribution in [0.3, 0.4) is 0 Å². The number of rotatable bonds is 3. The molecule has 2 aromatic carbocycles. The molecule has 1 aliphatic rings. The van der Waals surface area contributed by atoms with Gasteiger partial charge >= 0.3 is 0 Å². The largest absolute Gasteiger partial charge is 0.493 e. The van der Waals surface area contributed by atoms with Crippen LogP contribution in [-0.4, -0.2) is 31.6 Å². The van der Waals surface area contributed by atoms with Crippen molar-refractivity contribution in [1.82, 2.24) is 4.90 Å². The highest BCUT2D eigenvalue weighted by Gasteiger charge is 2.29. The van der Waals surface area contributed by atoms with Crippen molar-refractivity contribution in [3.8, 4) is 11.5 Å². The summed E-state index contributed by atoms with van der Waals surface area (Å²) in [5.74, 6) is 1.39. The molecule has 2 aromatic rings. The fourth-order valence-corrected chi connectivity index (χ4v) is 3.40. The molecule has 5 heteroatoms. The maximum Gasteiger partial charge on any atom is 0.254 e. The predicted molar refractivity (Wildman–Crippen MR) is 94.2 cm³/mol. The molecule has 0 saturated heterocycles. The van der Waals surface area contributed by atoms with Gasteiger partial charge in [0.05, 0.1) is 20.3 Å². The summed E-state index contributed by atoms with van der Waals surface area (Å²) >= 11 is 6.02. The Bertz CT molecular complexity index is 775. The van der Waals surface area contributed by atoms with Crippen molar-refractivity contribution in [2.75, 3.05) is 20.8 Å². The first kappa shape index (κ1) is 16.7. The molecule has 0 aromatic heterocycles. The molecule has 24 heavy (non-hydrogen) atoms. The highest BCUT2D eigenvalue weighted by molar-refractivity contribution is 6.30. The number of amides is 1. The lowest BCUT2D eigenvalue weighted by Gasteiger charge is -2.36. The van der Waals surface area contributed by atoms with Gasteiger partial charge in [-0.3, -0.25) is 4.79 Å². The molecular formula is C19H20ClNO3. The molecule has 0 fully saturated rings. The van der Waals surface area contributed by atoms with Crippen molar-refractivity contribution < 1.29 is 14.3 Å². The molecule has 0 saturated carbocycles. The molecule has 0 bridgehead atoms. The zero-order valence-electron chi connectivity index (χ0n) is 14.0. The lowest BCUT2D eigenvalue weighted by atomic mass is 9.92. The van der Waals surface area contributed by atoms with E-state index in [4.69, 9.17) is 21.1 Å². The molecule has 0 spiro atoms. The summed E-state index contributed by atoms with van der Waals surface area (Å²) in [6.07, 6.45) is 0.784. The van der Waals surface area contributed by atoms with Crippen molar-refractivity contribution in [3.05, 3.63) is 58.1 Å². The monoisotopic (exact) mass is 345 g/mol. The van der Waals surface area contributed by atoms with Crippen molar-refractivity contribution in [1.29, 1.82) is 0 Å². The Kier molecular flexibility index (Phi) is 4.67. The van der Waals surface area contributed by atoms with E-state index >= 15 is 0 Å². The Hall–Kier alpha value is -2.20. The maximum absolute atomic E-state index is 12.9. The van der Waals surface area contributed by atoms with Crippen LogP contribution in [0, 0.1) is 0 Å². The van der Waals surface area contributed by atoms with Crippen molar-refractivity contribution in [2.45, 2.75) is 19.4 Å². The lowest BCUT2D eigenvalue weighted by molar-refractivity contribution is 0.0677. The zero-order valence-corrected chi connectivity index (χ0v) is 14.8. The number of ether oxygens (including phenoxy) is 2. The lowest BCUT2D eigenvalue weighted by Crippen LogP contribution is -2.38. The molecule has 0 radical (unpaired) electrons. The van der Waals surface area contributed by atoms with Gasteiger partial charge in [-0.05, 0) is 54.8 Å². The minimum Gasteiger partial charge on any atom is -0.493 e. The molecule has 0 aliphatic carbocycles. The van der Waals surface area contributed by atoms with E-state index in [-0.39, 0.29) is 11.9 Å². The number of fused-ring (bicyclic) bond motifs is 1. The van der Waals surface area contributed by atoms with Gasteiger partial charge in [0.15, 0.2) is 11.5 Å². The molecule has 0 N–H and O–H groups in total. The summed E-state index contributed by atoms with van der Waals surface area (Å²) in [6, 6.07) is 11.0. The summed E-state index contributed by atoms with van der Waals surface area (Å²) in [6.45, 7) is 2.70. The molecule has 1 atom stereocenters. The van der Waals surface area contributed by atoms with Crippen LogP contribution in [0.1, 0.15) is 34.5 Å². The van der Waals surface area contributed by atoms with Crippen LogP contribution >= 0.6 is 11.6 Å². The summed E-state index contributed by atoms with van der Waals surface area (Å²) in [4.78, 5) is 14.7. The normalized spacial score (nSPS) is 16.5. The number of carbonyl (C=O) groups is 1. The van der Waals surface area contributed by atoms with E-state index in [2.05, 4.69) is 0 Å². The molecule has 0 unspecified atom stereocenters. The minimum absolute atomic E-state index is 0.00886. The molecular weight excluding hydrogens is 326 g/mol. The van der Waals surface area contributed by atoms with Gasteiger partial charge in [-0.2, -0.15) is 0 Å². The topological polar surface area (TPSA) is 38.8 Å². The van der Waals surface area contributed by atoms with E-state index in [1.54, 1.807) is 38.5 Å². The second-order valence-electron chi connectivity index (χ2n) is 5.84. The Balaban J connectivity index is 1.94. The fourth-order valence-electron chi connectivity index (χ4n) is 3.21. The highest BCUT2D eigenvalue weighted by atomic mass is 35.5. The average molecular weight is 346 g/mol. The van der Waals surface area contributed by atoms with Crippen LogP contribution in [0.4, 0.5) is 0 Å². The van der Waals surface area contributed by atoms with Gasteiger partial charge in [0.1, 0.15) is 0 Å². The Labute approximate surface area is 146 Å². The van der Waals surface area contributed by atoms with Crippen LogP contribution < -0.4 is 9.47 Å². The second kappa shape index (κ2) is 6.73. The zero-order chi connectivity index (χ0) is 17.3. The number of hydrogen-bond acceptors (Lipinski definition) is 3. The SMILES string of the molecule is COc1cc2c(cc1OC)[C@@H](C)N(C(=O)c1cccc(Cl)c1)CC2. The van der Waals surface area contributed by atoms with E-state index in [0.717, 1.165) is 17.7 Å². The second-order valence-corrected chi connectivity index (χ2v) is 6.28. The van der Waals surface area contributed by atoms with E-state index < -0.39 is 0 Å². The van der Waals surface area contributed by atoms with Crippen molar-refractivity contribution in [2.24, 2.45) is 0 Å². The van der Waals surface area contributed by atoms with E-state index in [1.807, 2.05) is 24.0 Å². The van der Waals surface area contributed by atoms with Crippen LogP contribution in [-0.2, 0) is 6.42 Å². The number of halogens is 1. The third kappa shape index (κ3) is 2.94. The molecule has 126 valence electrons. The first-order chi connectivity index (χ1) is 11.5. The van der Waals surface area contributed by atoms with Crippen LogP contribution in [0.5, 0.6) is 11.5 Å². The summed E-state index contributed by atoms with van der Waals surface area (Å²) in [5.41, 5.74) is 2.89. The van der Waals surface area contributed by atoms with E-state index in [0.29, 0.717) is 22.9 Å². The van der Waals surface area contributed by atoms with Crippen LogP contribution in [0.15, 0.2) is 36.4 Å². The van der Waals surface area contributed by atoms with Gasteiger partial charge in [0.2, 0.25) is 0 Å². The number of nitrogens with zero attached hydrogens (tertiary/aromatic N) is 1. The summed E-state index contributed by atoms with van der Waals surface area (Å²) in [7, 11) is 3.25. The average Bonchev–Trinajstić information content (AvgIpc) is 2.60. The smallest absolute Gasteiger partial charge is 0.254 e. The third-order valence-corrected chi connectivity index (χ3v) is 4.75. The first-order valence-electron chi connectivity index (χ1n) is 7.86. The number of benzene rings is 2. The number of carbonyl (C=O) groups excluding carboxylic acids is 1. The Morgan fingerprint density at radius 3 is 2.54 bits per heavy atom. The van der Waals surface area contributed by atoms with E-state index in [9.17, 15) is 4.79 Å². The molecule has 1 heterocycles. The third-order valence-electron chi connectivity index (χ3n) is 4.52. The minimum atomic E-state index is -0.0416. The first-order valence-corrected chi connectivity index (χ1v) is 8.24. The van der Waals surface area contributed by atoms with Gasteiger partial charge in [0, 0.05) is 17.1 Å². The van der Waals surface area contributed by atoms with Crippen molar-refractivity contribution in [3.63, 3.8) is 0 Å². The van der Waals surface area contributed by atoms with Crippen LogP contribution in [0.25, 0.3) is 0 Å². The van der Waals surface area contributed by atoms with Gasteiger partial charge in [0.25, 0.3) is 5.91 Å². The van der Waals surface area contributed by atoms with Gasteiger partial charge in [-0.1, -0.05) is 17.7 Å². The van der Waals surface area contributed by atoms with Crippen molar-refractivity contribution >= 4 is 17.5 Å². The highest BCUT2D eigenvalue weighted by Crippen LogP contribution is 2.38. The predicted octanol–water partition coefficient (Wildman–Crippen LogP) is 4.12. The van der Waals surface area contributed by atoms with Gasteiger partial charge in [-0.25, -0.2) is 0 Å². The number of hydrogen-bond donors (Lipinski definition) is 0. The van der Waals surface area contributed by atoms with E-state index in [1.165, 1.54) is 5.56 Å². The molecule has 1 amide bonds. The van der Waals surface area contributed by atoms with Gasteiger partial charge in [-0.15, -0.1) is 0 Å². The van der Waals surface area contributed by atoms with Gasteiger partial charge < -0.3 is 14.4 Å². The summed E-state index contributed by atoms with van der Waals surface area (Å²) < 4.78 is 10.8. The standard InChI is InChI=1S/C19H20ClNO3/c1-12-16-11-18(24-3)17(23-2)10-13(16)7-8-21(12)19(22)14-5-4-6-15(20)9-14/h4-6,9-12H,7-8H2,1-3H3/t12-/m1/s1. The Morgan fingerprint density at radius 2 is 1.88 bits per heavy atom. The molecule has 3 rings (SSSR count). The molecule has 1 aliphatic heterocycles. The van der Waals surface area contributed by atoms with Crippen LogP contribution in [0.2, 0.25) is 5.02 Å². The summed E-state index contributed by atoms with van der Waals surface area (Å²) in [5, 5.41) is 0.567. The molecule has 4 nitrogen and oxygen atoms in total. The number of methoxy groups -OCH3 is 2. The maximum atomic E-state index is 12.9. The quantitative estimate of drug-likeness (QED) is 0.840. The fraction of sp³-hybridized carbons (Fsp3) is 0.316. The Morgan fingerprint density at radius 1 is 1.17 bits per heavy atom.